The fourth-order valence-electron chi connectivity index (χ4n) is 1.92. The lowest BCUT2D eigenvalue weighted by Crippen LogP contribution is -2.43. The zero-order valence-corrected chi connectivity index (χ0v) is 8.50. The Morgan fingerprint density at radius 2 is 2.00 bits per heavy atom. The van der Waals surface area contributed by atoms with Crippen molar-refractivity contribution in [2.75, 3.05) is 6.61 Å². The van der Waals surface area contributed by atoms with E-state index in [0.29, 0.717) is 12.1 Å². The SMILES string of the molecule is CCC(CO)NC1CCC(N)CC1. The largest absolute Gasteiger partial charge is 0.395 e. The van der Waals surface area contributed by atoms with Crippen molar-refractivity contribution in [3.63, 3.8) is 0 Å². The number of nitrogens with one attached hydrogen (secondary N) is 1. The molecule has 1 saturated carbocycles. The summed E-state index contributed by atoms with van der Waals surface area (Å²) in [5.74, 6) is 0. The third kappa shape index (κ3) is 3.63. The second kappa shape index (κ2) is 5.58. The Balaban J connectivity index is 2.21. The molecule has 0 aromatic carbocycles. The van der Waals surface area contributed by atoms with Gasteiger partial charge >= 0.3 is 0 Å². The smallest absolute Gasteiger partial charge is 0.0584 e. The maximum Gasteiger partial charge on any atom is 0.0584 e. The van der Waals surface area contributed by atoms with Gasteiger partial charge in [0.05, 0.1) is 6.61 Å². The van der Waals surface area contributed by atoms with Crippen LogP contribution < -0.4 is 11.1 Å². The highest BCUT2D eigenvalue weighted by atomic mass is 16.3. The predicted molar refractivity (Wildman–Crippen MR) is 54.5 cm³/mol. The van der Waals surface area contributed by atoms with Crippen molar-refractivity contribution in [2.24, 2.45) is 5.73 Å². The molecule has 0 heterocycles. The molecular weight excluding hydrogens is 164 g/mol. The first kappa shape index (κ1) is 11.0. The lowest BCUT2D eigenvalue weighted by atomic mass is 9.91. The number of aliphatic hydroxyl groups excluding tert-OH is 1. The molecular formula is C10H22N2O. The second-order valence-electron chi connectivity index (χ2n) is 4.07. The molecule has 4 N–H and O–H groups in total. The summed E-state index contributed by atoms with van der Waals surface area (Å²) in [4.78, 5) is 0. The normalized spacial score (nSPS) is 31.6. The van der Waals surface area contributed by atoms with Gasteiger partial charge in [-0.25, -0.2) is 0 Å². The van der Waals surface area contributed by atoms with E-state index >= 15 is 0 Å². The maximum absolute atomic E-state index is 9.02. The number of nitrogens with two attached hydrogens (primary N) is 1. The van der Waals surface area contributed by atoms with Crippen LogP contribution in [0.2, 0.25) is 0 Å². The summed E-state index contributed by atoms with van der Waals surface area (Å²) in [5.41, 5.74) is 5.82. The zero-order valence-electron chi connectivity index (χ0n) is 8.50. The summed E-state index contributed by atoms with van der Waals surface area (Å²) in [6.07, 6.45) is 5.58. The van der Waals surface area contributed by atoms with Crippen LogP contribution in [0.1, 0.15) is 39.0 Å². The highest BCUT2D eigenvalue weighted by molar-refractivity contribution is 4.81. The number of hydrogen-bond donors (Lipinski definition) is 3. The molecule has 0 saturated heterocycles. The van der Waals surface area contributed by atoms with E-state index in [1.165, 1.54) is 0 Å². The Morgan fingerprint density at radius 1 is 1.38 bits per heavy atom. The van der Waals surface area contributed by atoms with Crippen LogP contribution in [0.15, 0.2) is 0 Å². The van der Waals surface area contributed by atoms with Crippen molar-refractivity contribution in [1.82, 2.24) is 5.32 Å². The van der Waals surface area contributed by atoms with Gasteiger partial charge in [0.1, 0.15) is 0 Å². The van der Waals surface area contributed by atoms with Crippen LogP contribution in [-0.2, 0) is 0 Å². The monoisotopic (exact) mass is 186 g/mol. The van der Waals surface area contributed by atoms with E-state index in [0.717, 1.165) is 32.1 Å². The molecule has 1 rings (SSSR count). The summed E-state index contributed by atoms with van der Waals surface area (Å²) in [6.45, 7) is 2.35. The van der Waals surface area contributed by atoms with Crippen LogP contribution in [0, 0.1) is 0 Å². The van der Waals surface area contributed by atoms with E-state index < -0.39 is 0 Å². The molecule has 1 atom stereocenters. The zero-order chi connectivity index (χ0) is 9.68. The van der Waals surface area contributed by atoms with Crippen LogP contribution in [0.5, 0.6) is 0 Å². The summed E-state index contributed by atoms with van der Waals surface area (Å²) >= 11 is 0. The molecule has 0 radical (unpaired) electrons. The standard InChI is InChI=1S/C10H22N2O/c1-2-9(7-13)12-10-5-3-8(11)4-6-10/h8-10,12-13H,2-7,11H2,1H3. The highest BCUT2D eigenvalue weighted by Gasteiger charge is 2.19. The van der Waals surface area contributed by atoms with Crippen LogP contribution in [0.25, 0.3) is 0 Å². The van der Waals surface area contributed by atoms with Gasteiger partial charge in [0.25, 0.3) is 0 Å². The van der Waals surface area contributed by atoms with E-state index in [4.69, 9.17) is 10.8 Å². The van der Waals surface area contributed by atoms with Crippen molar-refractivity contribution >= 4 is 0 Å². The second-order valence-corrected chi connectivity index (χ2v) is 4.07. The van der Waals surface area contributed by atoms with Crippen LogP contribution in [-0.4, -0.2) is 29.8 Å². The third-order valence-corrected chi connectivity index (χ3v) is 2.96. The summed E-state index contributed by atoms with van der Waals surface area (Å²) < 4.78 is 0. The van der Waals surface area contributed by atoms with Gasteiger partial charge < -0.3 is 16.2 Å². The molecule has 1 aliphatic rings. The van der Waals surface area contributed by atoms with E-state index in [1.54, 1.807) is 0 Å². The fraction of sp³-hybridized carbons (Fsp3) is 1.00. The van der Waals surface area contributed by atoms with Gasteiger partial charge in [-0.2, -0.15) is 0 Å². The molecule has 0 bridgehead atoms. The minimum absolute atomic E-state index is 0.249. The third-order valence-electron chi connectivity index (χ3n) is 2.96. The molecule has 1 aliphatic carbocycles. The highest BCUT2D eigenvalue weighted by Crippen LogP contribution is 2.17. The van der Waals surface area contributed by atoms with Crippen molar-refractivity contribution < 1.29 is 5.11 Å². The van der Waals surface area contributed by atoms with Gasteiger partial charge in [0.15, 0.2) is 0 Å². The Hall–Kier alpha value is -0.120. The molecule has 0 aromatic rings. The molecule has 1 fully saturated rings. The van der Waals surface area contributed by atoms with Crippen LogP contribution in [0.4, 0.5) is 0 Å². The number of hydrogen-bond acceptors (Lipinski definition) is 3. The molecule has 3 nitrogen and oxygen atoms in total. The number of rotatable bonds is 4. The predicted octanol–water partition coefficient (Wildman–Crippen LogP) is 0.617. The Bertz CT molecular complexity index is 129. The van der Waals surface area contributed by atoms with Crippen molar-refractivity contribution in [3.8, 4) is 0 Å². The summed E-state index contributed by atoms with van der Waals surface area (Å²) in [7, 11) is 0. The molecule has 0 spiro atoms. The van der Waals surface area contributed by atoms with Crippen LogP contribution >= 0.6 is 0 Å². The Kier molecular flexibility index (Phi) is 4.70. The summed E-state index contributed by atoms with van der Waals surface area (Å²) in [6, 6.07) is 1.27. The van der Waals surface area contributed by atoms with E-state index in [1.807, 2.05) is 0 Å². The van der Waals surface area contributed by atoms with Crippen molar-refractivity contribution in [1.29, 1.82) is 0 Å². The van der Waals surface area contributed by atoms with Gasteiger partial charge in [0, 0.05) is 18.1 Å². The minimum atomic E-state index is 0.249. The topological polar surface area (TPSA) is 58.3 Å². The lowest BCUT2D eigenvalue weighted by molar-refractivity contribution is 0.212. The lowest BCUT2D eigenvalue weighted by Gasteiger charge is -2.29. The molecule has 3 heteroatoms. The van der Waals surface area contributed by atoms with Crippen molar-refractivity contribution in [3.05, 3.63) is 0 Å². The first-order valence-electron chi connectivity index (χ1n) is 5.38. The molecule has 0 aromatic heterocycles. The van der Waals surface area contributed by atoms with Gasteiger partial charge in [-0.15, -0.1) is 0 Å². The molecule has 13 heavy (non-hydrogen) atoms. The number of aliphatic hydroxyl groups is 1. The Labute approximate surface area is 80.7 Å². The van der Waals surface area contributed by atoms with Gasteiger partial charge in [0.2, 0.25) is 0 Å². The maximum atomic E-state index is 9.02. The van der Waals surface area contributed by atoms with Gasteiger partial charge in [-0.05, 0) is 32.1 Å². The first-order valence-corrected chi connectivity index (χ1v) is 5.38. The Morgan fingerprint density at radius 3 is 2.46 bits per heavy atom. The average molecular weight is 186 g/mol. The van der Waals surface area contributed by atoms with E-state index in [2.05, 4.69) is 12.2 Å². The van der Waals surface area contributed by atoms with Crippen LogP contribution in [0.3, 0.4) is 0 Å². The molecule has 1 unspecified atom stereocenters. The first-order chi connectivity index (χ1) is 6.26. The quantitative estimate of drug-likeness (QED) is 0.603. The average Bonchev–Trinajstić information content (AvgIpc) is 2.17. The van der Waals surface area contributed by atoms with Gasteiger partial charge in [-0.1, -0.05) is 6.92 Å². The minimum Gasteiger partial charge on any atom is -0.395 e. The van der Waals surface area contributed by atoms with E-state index in [-0.39, 0.29) is 12.6 Å². The molecule has 0 amide bonds. The van der Waals surface area contributed by atoms with Gasteiger partial charge in [-0.3, -0.25) is 0 Å². The molecule has 78 valence electrons. The molecule has 0 aliphatic heterocycles. The van der Waals surface area contributed by atoms with Crippen molar-refractivity contribution in [2.45, 2.75) is 57.2 Å². The van der Waals surface area contributed by atoms with E-state index in [9.17, 15) is 0 Å². The fourth-order valence-corrected chi connectivity index (χ4v) is 1.92. The summed E-state index contributed by atoms with van der Waals surface area (Å²) in [5, 5.41) is 12.5.